The number of rotatable bonds is 3. The van der Waals surface area contributed by atoms with Crippen LogP contribution in [0.15, 0.2) is 24.3 Å². The van der Waals surface area contributed by atoms with Gasteiger partial charge in [0.05, 0.1) is 5.60 Å². The van der Waals surface area contributed by atoms with Crippen LogP contribution in [-0.4, -0.2) is 16.8 Å². The molecule has 1 aliphatic rings. The van der Waals surface area contributed by atoms with Crippen molar-refractivity contribution in [2.45, 2.75) is 31.3 Å². The highest BCUT2D eigenvalue weighted by Crippen LogP contribution is 2.45. The number of aliphatic hydroxyl groups excluding tert-OH is 1. The van der Waals surface area contributed by atoms with E-state index in [1.807, 2.05) is 31.2 Å². The molecule has 76 valence electrons. The molecular weight excluding hydrogens is 176 g/mol. The van der Waals surface area contributed by atoms with Crippen LogP contribution < -0.4 is 0 Å². The monoisotopic (exact) mass is 192 g/mol. The van der Waals surface area contributed by atoms with E-state index in [1.165, 1.54) is 0 Å². The molecule has 1 fully saturated rings. The van der Waals surface area contributed by atoms with Gasteiger partial charge in [-0.25, -0.2) is 0 Å². The second-order valence-electron chi connectivity index (χ2n) is 4.24. The minimum absolute atomic E-state index is 0.150. The maximum Gasteiger partial charge on any atom is 0.0899 e. The summed E-state index contributed by atoms with van der Waals surface area (Å²) in [7, 11) is 0. The Balaban J connectivity index is 2.27. The van der Waals surface area contributed by atoms with E-state index in [0.29, 0.717) is 0 Å². The first-order valence-electron chi connectivity index (χ1n) is 5.09. The van der Waals surface area contributed by atoms with Crippen molar-refractivity contribution in [1.29, 1.82) is 0 Å². The number of hydrogen-bond donors (Lipinski definition) is 2. The zero-order chi connectivity index (χ0) is 10.2. The third-order valence-electron chi connectivity index (χ3n) is 2.99. The molecule has 1 aromatic rings. The van der Waals surface area contributed by atoms with Gasteiger partial charge in [0.2, 0.25) is 0 Å². The van der Waals surface area contributed by atoms with Gasteiger partial charge in [0.15, 0.2) is 0 Å². The molecule has 0 heterocycles. The third-order valence-corrected chi connectivity index (χ3v) is 2.99. The number of hydrogen-bond acceptors (Lipinski definition) is 2. The fraction of sp³-hybridized carbons (Fsp3) is 0.500. The SMILES string of the molecule is CC(CO)c1cccc(C2(O)CC2)c1. The van der Waals surface area contributed by atoms with Gasteiger partial charge in [-0.3, -0.25) is 0 Å². The summed E-state index contributed by atoms with van der Waals surface area (Å²) in [6.07, 6.45) is 1.73. The zero-order valence-corrected chi connectivity index (χ0v) is 8.40. The Labute approximate surface area is 84.2 Å². The molecule has 1 atom stereocenters. The second-order valence-corrected chi connectivity index (χ2v) is 4.24. The van der Waals surface area contributed by atoms with Gasteiger partial charge < -0.3 is 10.2 Å². The standard InChI is InChI=1S/C12H16O2/c1-9(8-13)10-3-2-4-11(7-10)12(14)5-6-12/h2-4,7,9,13-14H,5-6,8H2,1H3. The molecule has 0 aliphatic heterocycles. The number of benzene rings is 1. The summed E-state index contributed by atoms with van der Waals surface area (Å²) in [6, 6.07) is 7.91. The van der Waals surface area contributed by atoms with E-state index >= 15 is 0 Å². The van der Waals surface area contributed by atoms with Crippen molar-refractivity contribution >= 4 is 0 Å². The fourth-order valence-corrected chi connectivity index (χ4v) is 1.65. The lowest BCUT2D eigenvalue weighted by atomic mass is 9.97. The Bertz CT molecular complexity index is 329. The summed E-state index contributed by atoms with van der Waals surface area (Å²) in [5, 5.41) is 19.0. The van der Waals surface area contributed by atoms with E-state index in [-0.39, 0.29) is 12.5 Å². The Morgan fingerprint density at radius 1 is 1.43 bits per heavy atom. The lowest BCUT2D eigenvalue weighted by molar-refractivity contribution is 0.151. The topological polar surface area (TPSA) is 40.5 Å². The molecule has 2 rings (SSSR count). The normalized spacial score (nSPS) is 20.5. The first-order valence-corrected chi connectivity index (χ1v) is 5.09. The van der Waals surface area contributed by atoms with E-state index in [4.69, 9.17) is 5.11 Å². The summed E-state index contributed by atoms with van der Waals surface area (Å²) >= 11 is 0. The van der Waals surface area contributed by atoms with Crippen molar-refractivity contribution in [2.75, 3.05) is 6.61 Å². The molecule has 14 heavy (non-hydrogen) atoms. The van der Waals surface area contributed by atoms with E-state index in [0.717, 1.165) is 24.0 Å². The van der Waals surface area contributed by atoms with Crippen LogP contribution in [0.25, 0.3) is 0 Å². The first-order chi connectivity index (χ1) is 6.65. The van der Waals surface area contributed by atoms with Gasteiger partial charge in [-0.2, -0.15) is 0 Å². The van der Waals surface area contributed by atoms with E-state index < -0.39 is 5.60 Å². The van der Waals surface area contributed by atoms with Crippen molar-refractivity contribution in [3.8, 4) is 0 Å². The highest BCUT2D eigenvalue weighted by atomic mass is 16.3. The molecule has 2 nitrogen and oxygen atoms in total. The van der Waals surface area contributed by atoms with Crippen molar-refractivity contribution in [3.63, 3.8) is 0 Å². The van der Waals surface area contributed by atoms with Crippen LogP contribution in [0.4, 0.5) is 0 Å². The zero-order valence-electron chi connectivity index (χ0n) is 8.40. The van der Waals surface area contributed by atoms with Crippen LogP contribution in [0.3, 0.4) is 0 Å². The van der Waals surface area contributed by atoms with Gasteiger partial charge in [0.25, 0.3) is 0 Å². The quantitative estimate of drug-likeness (QED) is 0.766. The molecule has 0 saturated heterocycles. The van der Waals surface area contributed by atoms with Gasteiger partial charge in [-0.05, 0) is 24.0 Å². The smallest absolute Gasteiger partial charge is 0.0899 e. The predicted octanol–water partition coefficient (Wildman–Crippen LogP) is 1.76. The average Bonchev–Trinajstić information content (AvgIpc) is 2.97. The fourth-order valence-electron chi connectivity index (χ4n) is 1.65. The minimum atomic E-state index is -0.564. The van der Waals surface area contributed by atoms with Gasteiger partial charge in [0, 0.05) is 12.5 Å². The van der Waals surface area contributed by atoms with Crippen LogP contribution in [0.5, 0.6) is 0 Å². The first kappa shape index (κ1) is 9.69. The van der Waals surface area contributed by atoms with Crippen LogP contribution in [0.2, 0.25) is 0 Å². The van der Waals surface area contributed by atoms with E-state index in [2.05, 4.69) is 0 Å². The molecule has 0 amide bonds. The van der Waals surface area contributed by atoms with Crippen molar-refractivity contribution in [2.24, 2.45) is 0 Å². The molecular formula is C12H16O2. The largest absolute Gasteiger partial charge is 0.396 e. The molecule has 1 unspecified atom stereocenters. The van der Waals surface area contributed by atoms with Crippen molar-refractivity contribution in [3.05, 3.63) is 35.4 Å². The minimum Gasteiger partial charge on any atom is -0.396 e. The predicted molar refractivity (Wildman–Crippen MR) is 55.1 cm³/mol. The van der Waals surface area contributed by atoms with Crippen LogP contribution in [0, 0.1) is 0 Å². The number of aliphatic hydroxyl groups is 2. The molecule has 1 aliphatic carbocycles. The molecule has 2 N–H and O–H groups in total. The van der Waals surface area contributed by atoms with Crippen molar-refractivity contribution < 1.29 is 10.2 Å². The molecule has 1 aromatic carbocycles. The highest BCUT2D eigenvalue weighted by molar-refractivity contribution is 5.33. The van der Waals surface area contributed by atoms with Crippen LogP contribution in [-0.2, 0) is 5.60 Å². The lowest BCUT2D eigenvalue weighted by Gasteiger charge is -2.13. The summed E-state index contributed by atoms with van der Waals surface area (Å²) in [6.45, 7) is 2.14. The molecule has 1 saturated carbocycles. The molecule has 0 bridgehead atoms. The van der Waals surface area contributed by atoms with E-state index in [1.54, 1.807) is 0 Å². The Morgan fingerprint density at radius 3 is 2.71 bits per heavy atom. The van der Waals surface area contributed by atoms with Crippen molar-refractivity contribution in [1.82, 2.24) is 0 Å². The third kappa shape index (κ3) is 1.68. The van der Waals surface area contributed by atoms with Crippen LogP contribution in [0.1, 0.15) is 36.8 Å². The Kier molecular flexibility index (Phi) is 2.33. The highest BCUT2D eigenvalue weighted by Gasteiger charge is 2.42. The summed E-state index contributed by atoms with van der Waals surface area (Å²) < 4.78 is 0. The van der Waals surface area contributed by atoms with E-state index in [9.17, 15) is 5.11 Å². The van der Waals surface area contributed by atoms with Crippen LogP contribution >= 0.6 is 0 Å². The van der Waals surface area contributed by atoms with Gasteiger partial charge in [-0.15, -0.1) is 0 Å². The second kappa shape index (κ2) is 3.37. The summed E-state index contributed by atoms with van der Waals surface area (Å²) in [4.78, 5) is 0. The summed E-state index contributed by atoms with van der Waals surface area (Å²) in [5.74, 6) is 0.150. The molecule has 0 radical (unpaired) electrons. The molecule has 0 spiro atoms. The van der Waals surface area contributed by atoms with Gasteiger partial charge >= 0.3 is 0 Å². The maximum atomic E-state index is 9.92. The van der Waals surface area contributed by atoms with Gasteiger partial charge in [-0.1, -0.05) is 31.2 Å². The summed E-state index contributed by atoms with van der Waals surface area (Å²) in [5.41, 5.74) is 1.53. The van der Waals surface area contributed by atoms with Gasteiger partial charge in [0.1, 0.15) is 0 Å². The lowest BCUT2D eigenvalue weighted by Crippen LogP contribution is -2.06. The molecule has 0 aromatic heterocycles. The Morgan fingerprint density at radius 2 is 2.14 bits per heavy atom. The Hall–Kier alpha value is -0.860. The molecule has 2 heteroatoms. The average molecular weight is 192 g/mol. The maximum absolute atomic E-state index is 9.92.